The smallest absolute Gasteiger partial charge is 0.341 e. The topological polar surface area (TPSA) is 107 Å². The van der Waals surface area contributed by atoms with Crippen molar-refractivity contribution in [2.45, 2.75) is 4.90 Å². The number of esters is 1. The maximum Gasteiger partial charge on any atom is 0.341 e. The molecular weight excluding hydrogens is 258 g/mol. The Morgan fingerprint density at radius 3 is 2.50 bits per heavy atom. The molecule has 0 atom stereocenters. The number of methoxy groups -OCH3 is 1. The van der Waals surface area contributed by atoms with Crippen molar-refractivity contribution in [1.82, 2.24) is 0 Å². The van der Waals surface area contributed by atoms with E-state index in [4.69, 9.17) is 16.7 Å². The molecule has 0 amide bonds. The molecule has 0 aromatic heterocycles. The number of phenols is 1. The largest absolute Gasteiger partial charge is 0.507 e. The SMILES string of the molecule is COC(=O)c1cc(S(N)(=O)=O)c(Cl)cc1O. The van der Waals surface area contributed by atoms with E-state index in [1.54, 1.807) is 0 Å². The number of aromatic hydroxyl groups is 1. The van der Waals surface area contributed by atoms with Crippen LogP contribution >= 0.6 is 11.6 Å². The van der Waals surface area contributed by atoms with Gasteiger partial charge < -0.3 is 9.84 Å². The molecule has 0 saturated carbocycles. The minimum absolute atomic E-state index is 0.271. The van der Waals surface area contributed by atoms with Gasteiger partial charge in [-0.25, -0.2) is 18.4 Å². The molecule has 0 heterocycles. The molecule has 0 aliphatic rings. The molecule has 0 aliphatic carbocycles. The Balaban J connectivity index is 3.51. The van der Waals surface area contributed by atoms with Gasteiger partial charge in [0.1, 0.15) is 16.2 Å². The van der Waals surface area contributed by atoms with E-state index >= 15 is 0 Å². The van der Waals surface area contributed by atoms with Gasteiger partial charge in [0.25, 0.3) is 0 Å². The molecule has 0 bridgehead atoms. The van der Waals surface area contributed by atoms with Gasteiger partial charge in [0.2, 0.25) is 10.0 Å². The highest BCUT2D eigenvalue weighted by molar-refractivity contribution is 7.89. The molecule has 1 aromatic rings. The highest BCUT2D eigenvalue weighted by Gasteiger charge is 2.20. The van der Waals surface area contributed by atoms with Crippen LogP contribution < -0.4 is 5.14 Å². The molecule has 0 radical (unpaired) electrons. The molecule has 0 saturated heterocycles. The zero-order chi connectivity index (χ0) is 12.5. The first kappa shape index (κ1) is 12.8. The minimum Gasteiger partial charge on any atom is -0.507 e. The predicted octanol–water partition coefficient (Wildman–Crippen LogP) is 0.480. The fourth-order valence-corrected chi connectivity index (χ4v) is 2.13. The van der Waals surface area contributed by atoms with Gasteiger partial charge >= 0.3 is 5.97 Å². The first-order chi connectivity index (χ1) is 7.27. The third kappa shape index (κ3) is 2.43. The van der Waals surface area contributed by atoms with Gasteiger partial charge in [-0.15, -0.1) is 0 Å². The number of phenolic OH excluding ortho intramolecular Hbond substituents is 1. The molecule has 1 aromatic carbocycles. The molecule has 88 valence electrons. The predicted molar refractivity (Wildman–Crippen MR) is 55.8 cm³/mol. The number of carbonyl (C=O) groups excluding carboxylic acids is 1. The van der Waals surface area contributed by atoms with E-state index < -0.39 is 26.6 Å². The van der Waals surface area contributed by atoms with Crippen molar-refractivity contribution in [3.8, 4) is 5.75 Å². The van der Waals surface area contributed by atoms with Gasteiger partial charge in [-0.05, 0) is 6.07 Å². The van der Waals surface area contributed by atoms with Crippen molar-refractivity contribution in [3.63, 3.8) is 0 Å². The van der Waals surface area contributed by atoms with Crippen molar-refractivity contribution in [1.29, 1.82) is 0 Å². The van der Waals surface area contributed by atoms with Gasteiger partial charge in [-0.3, -0.25) is 0 Å². The van der Waals surface area contributed by atoms with E-state index in [9.17, 15) is 18.3 Å². The Morgan fingerprint density at radius 1 is 1.50 bits per heavy atom. The molecule has 6 nitrogen and oxygen atoms in total. The minimum atomic E-state index is -4.07. The van der Waals surface area contributed by atoms with Crippen LogP contribution in [0.15, 0.2) is 17.0 Å². The van der Waals surface area contributed by atoms with Crippen LogP contribution in [-0.4, -0.2) is 26.6 Å². The molecular formula is C8H8ClNO5S. The quantitative estimate of drug-likeness (QED) is 0.757. The zero-order valence-corrected chi connectivity index (χ0v) is 9.67. The van der Waals surface area contributed by atoms with E-state index in [1.807, 2.05) is 0 Å². The molecule has 1 rings (SSSR count). The number of halogens is 1. The summed E-state index contributed by atoms with van der Waals surface area (Å²) < 4.78 is 26.5. The van der Waals surface area contributed by atoms with Crippen LogP contribution in [0.25, 0.3) is 0 Å². The molecule has 0 aliphatic heterocycles. The number of benzene rings is 1. The van der Waals surface area contributed by atoms with Gasteiger partial charge in [0, 0.05) is 6.07 Å². The highest BCUT2D eigenvalue weighted by atomic mass is 35.5. The van der Waals surface area contributed by atoms with Crippen LogP contribution in [0.5, 0.6) is 5.75 Å². The van der Waals surface area contributed by atoms with E-state index in [2.05, 4.69) is 4.74 Å². The van der Waals surface area contributed by atoms with Gasteiger partial charge in [-0.1, -0.05) is 11.6 Å². The summed E-state index contributed by atoms with van der Waals surface area (Å²) in [6.45, 7) is 0. The van der Waals surface area contributed by atoms with Crippen LogP contribution in [-0.2, 0) is 14.8 Å². The maximum atomic E-state index is 11.2. The Labute approximate surface area is 96.6 Å². The number of sulfonamides is 1. The molecule has 3 N–H and O–H groups in total. The number of carbonyl (C=O) groups is 1. The van der Waals surface area contributed by atoms with E-state index in [0.717, 1.165) is 19.2 Å². The van der Waals surface area contributed by atoms with Gasteiger partial charge in [0.05, 0.1) is 12.1 Å². The number of ether oxygens (including phenoxy) is 1. The summed E-state index contributed by atoms with van der Waals surface area (Å²) in [4.78, 5) is 10.7. The van der Waals surface area contributed by atoms with Crippen molar-refractivity contribution in [2.75, 3.05) is 7.11 Å². The summed E-state index contributed by atoms with van der Waals surface area (Å²) in [5, 5.41) is 14.0. The Bertz CT molecular complexity index is 540. The molecule has 16 heavy (non-hydrogen) atoms. The summed E-state index contributed by atoms with van der Waals surface area (Å²) >= 11 is 5.56. The standard InChI is InChI=1S/C8H8ClNO5S/c1-15-8(12)4-2-7(16(10,13)14)5(9)3-6(4)11/h2-3,11H,1H3,(H2,10,13,14). The number of nitrogens with two attached hydrogens (primary N) is 1. The molecule has 0 unspecified atom stereocenters. The van der Waals surface area contributed by atoms with E-state index in [0.29, 0.717) is 0 Å². The molecule has 0 spiro atoms. The number of primary sulfonamides is 1. The first-order valence-electron chi connectivity index (χ1n) is 3.91. The second kappa shape index (κ2) is 4.28. The second-order valence-electron chi connectivity index (χ2n) is 2.84. The lowest BCUT2D eigenvalue weighted by atomic mass is 10.2. The number of rotatable bonds is 2. The highest BCUT2D eigenvalue weighted by Crippen LogP contribution is 2.29. The number of hydrogen-bond acceptors (Lipinski definition) is 5. The summed E-state index contributed by atoms with van der Waals surface area (Å²) in [5.41, 5.74) is -0.323. The fourth-order valence-electron chi connectivity index (χ4n) is 1.03. The van der Waals surface area contributed by atoms with Crippen molar-refractivity contribution in [3.05, 3.63) is 22.7 Å². The van der Waals surface area contributed by atoms with Crippen LogP contribution in [0.2, 0.25) is 5.02 Å². The normalized spacial score (nSPS) is 11.2. The Morgan fingerprint density at radius 2 is 2.06 bits per heavy atom. The first-order valence-corrected chi connectivity index (χ1v) is 5.83. The van der Waals surface area contributed by atoms with Crippen LogP contribution in [0, 0.1) is 0 Å². The molecule has 8 heteroatoms. The summed E-state index contributed by atoms with van der Waals surface area (Å²) in [6, 6.07) is 1.77. The lowest BCUT2D eigenvalue weighted by Gasteiger charge is -2.06. The summed E-state index contributed by atoms with van der Waals surface area (Å²) in [7, 11) is -2.98. The monoisotopic (exact) mass is 265 g/mol. The average molecular weight is 266 g/mol. The van der Waals surface area contributed by atoms with E-state index in [-0.39, 0.29) is 10.6 Å². The zero-order valence-electron chi connectivity index (χ0n) is 8.10. The lowest BCUT2D eigenvalue weighted by Crippen LogP contribution is -2.14. The van der Waals surface area contributed by atoms with Crippen LogP contribution in [0.4, 0.5) is 0 Å². The summed E-state index contributed by atoms with van der Waals surface area (Å²) in [5.74, 6) is -1.37. The lowest BCUT2D eigenvalue weighted by molar-refractivity contribution is 0.0597. The Hall–Kier alpha value is -1.31. The van der Waals surface area contributed by atoms with Gasteiger partial charge in [0.15, 0.2) is 0 Å². The second-order valence-corrected chi connectivity index (χ2v) is 4.77. The van der Waals surface area contributed by atoms with Crippen molar-refractivity contribution >= 4 is 27.6 Å². The van der Waals surface area contributed by atoms with Gasteiger partial charge in [-0.2, -0.15) is 0 Å². The summed E-state index contributed by atoms with van der Waals surface area (Å²) in [6.07, 6.45) is 0. The van der Waals surface area contributed by atoms with Crippen molar-refractivity contribution in [2.24, 2.45) is 5.14 Å². The average Bonchev–Trinajstić information content (AvgIpc) is 2.14. The van der Waals surface area contributed by atoms with Crippen molar-refractivity contribution < 1.29 is 23.1 Å². The maximum absolute atomic E-state index is 11.2. The number of hydrogen-bond donors (Lipinski definition) is 2. The van der Waals surface area contributed by atoms with Crippen LogP contribution in [0.1, 0.15) is 10.4 Å². The Kier molecular flexibility index (Phi) is 3.41. The molecule has 0 fully saturated rings. The van der Waals surface area contributed by atoms with Crippen LogP contribution in [0.3, 0.4) is 0 Å². The third-order valence-electron chi connectivity index (χ3n) is 1.76. The fraction of sp³-hybridized carbons (Fsp3) is 0.125. The van der Waals surface area contributed by atoms with E-state index in [1.165, 1.54) is 0 Å². The third-order valence-corrected chi connectivity index (χ3v) is 3.14.